The van der Waals surface area contributed by atoms with Crippen LogP contribution in [0.25, 0.3) is 0 Å². The van der Waals surface area contributed by atoms with Gasteiger partial charge in [-0.3, -0.25) is 0 Å². The van der Waals surface area contributed by atoms with Crippen LogP contribution in [0.15, 0.2) is 16.6 Å². The fourth-order valence-electron chi connectivity index (χ4n) is 2.26. The van der Waals surface area contributed by atoms with E-state index in [0.717, 1.165) is 22.2 Å². The van der Waals surface area contributed by atoms with E-state index in [1.54, 1.807) is 12.0 Å². The number of benzene rings is 1. The molecule has 1 aromatic rings. The SMILES string of the molecule is COc1cc(Br)cc2c1CN(C(=O)OC(C)(C)C)CC2. The number of methoxy groups -OCH3 is 1. The van der Waals surface area contributed by atoms with Crippen LogP contribution in [-0.4, -0.2) is 30.2 Å². The Labute approximate surface area is 128 Å². The lowest BCUT2D eigenvalue weighted by atomic mass is 9.99. The summed E-state index contributed by atoms with van der Waals surface area (Å²) in [5.41, 5.74) is 1.81. The Morgan fingerprint density at radius 2 is 2.05 bits per heavy atom. The highest BCUT2D eigenvalue weighted by Gasteiger charge is 2.27. The monoisotopic (exact) mass is 341 g/mol. The second kappa shape index (κ2) is 5.64. The summed E-state index contributed by atoms with van der Waals surface area (Å²) < 4.78 is 11.8. The topological polar surface area (TPSA) is 38.8 Å². The average Bonchev–Trinajstić information content (AvgIpc) is 2.35. The zero-order valence-electron chi connectivity index (χ0n) is 12.3. The van der Waals surface area contributed by atoms with Gasteiger partial charge in [-0.2, -0.15) is 0 Å². The first kappa shape index (κ1) is 15.2. The molecule has 0 aromatic heterocycles. The fraction of sp³-hybridized carbons (Fsp3) is 0.533. The standard InChI is InChI=1S/C15H20BrNO3/c1-15(2,3)20-14(18)17-6-5-10-7-11(16)8-13(19-4)12(10)9-17/h7-8H,5-6,9H2,1-4H3. The van der Waals surface area contributed by atoms with Crippen LogP contribution in [0.4, 0.5) is 4.79 Å². The highest BCUT2D eigenvalue weighted by molar-refractivity contribution is 9.10. The van der Waals surface area contributed by atoms with Gasteiger partial charge in [0, 0.05) is 16.6 Å². The van der Waals surface area contributed by atoms with E-state index in [2.05, 4.69) is 22.0 Å². The van der Waals surface area contributed by atoms with E-state index in [1.165, 1.54) is 5.56 Å². The number of carbonyl (C=O) groups excluding carboxylic acids is 1. The van der Waals surface area contributed by atoms with Crippen LogP contribution in [0.3, 0.4) is 0 Å². The first-order chi connectivity index (χ1) is 9.30. The Kier molecular flexibility index (Phi) is 4.28. The molecule has 0 bridgehead atoms. The van der Waals surface area contributed by atoms with E-state index in [1.807, 2.05) is 26.8 Å². The molecule has 0 radical (unpaired) electrons. The molecule has 1 heterocycles. The van der Waals surface area contributed by atoms with E-state index in [9.17, 15) is 4.79 Å². The predicted molar refractivity (Wildman–Crippen MR) is 81.0 cm³/mol. The van der Waals surface area contributed by atoms with Crippen molar-refractivity contribution in [3.8, 4) is 5.75 Å². The summed E-state index contributed by atoms with van der Waals surface area (Å²) in [5.74, 6) is 0.808. The number of nitrogens with zero attached hydrogens (tertiary/aromatic N) is 1. The molecule has 0 unspecified atom stereocenters. The first-order valence-corrected chi connectivity index (χ1v) is 7.42. The molecule has 20 heavy (non-hydrogen) atoms. The lowest BCUT2D eigenvalue weighted by Crippen LogP contribution is -2.40. The van der Waals surface area contributed by atoms with Crippen LogP contribution < -0.4 is 4.74 Å². The second-order valence-electron chi connectivity index (χ2n) is 5.90. The minimum Gasteiger partial charge on any atom is -0.496 e. The molecule has 1 aliphatic heterocycles. The molecule has 5 heteroatoms. The third-order valence-electron chi connectivity index (χ3n) is 3.14. The highest BCUT2D eigenvalue weighted by Crippen LogP contribution is 2.32. The molecule has 1 aromatic carbocycles. The van der Waals surface area contributed by atoms with Crippen LogP contribution in [0, 0.1) is 0 Å². The molecule has 0 fully saturated rings. The summed E-state index contributed by atoms with van der Waals surface area (Å²) in [6.45, 7) is 6.82. The number of fused-ring (bicyclic) bond motifs is 1. The third kappa shape index (κ3) is 3.45. The number of rotatable bonds is 1. The Morgan fingerprint density at radius 3 is 2.65 bits per heavy atom. The van der Waals surface area contributed by atoms with Gasteiger partial charge in [0.25, 0.3) is 0 Å². The molecule has 0 spiro atoms. The van der Waals surface area contributed by atoms with Gasteiger partial charge < -0.3 is 14.4 Å². The van der Waals surface area contributed by atoms with Crippen molar-refractivity contribution in [1.29, 1.82) is 0 Å². The Balaban J connectivity index is 2.20. The summed E-state index contributed by atoms with van der Waals surface area (Å²) in [5, 5.41) is 0. The van der Waals surface area contributed by atoms with E-state index in [-0.39, 0.29) is 6.09 Å². The molecule has 0 atom stereocenters. The maximum atomic E-state index is 12.1. The maximum absolute atomic E-state index is 12.1. The maximum Gasteiger partial charge on any atom is 0.410 e. The van der Waals surface area contributed by atoms with Gasteiger partial charge in [-0.1, -0.05) is 15.9 Å². The molecule has 4 nitrogen and oxygen atoms in total. The van der Waals surface area contributed by atoms with Crippen LogP contribution in [0.1, 0.15) is 31.9 Å². The number of halogens is 1. The van der Waals surface area contributed by atoms with E-state index in [4.69, 9.17) is 9.47 Å². The fourth-order valence-corrected chi connectivity index (χ4v) is 2.74. The molecule has 0 aliphatic carbocycles. The summed E-state index contributed by atoms with van der Waals surface area (Å²) in [6.07, 6.45) is 0.540. The van der Waals surface area contributed by atoms with Crippen LogP contribution in [0.5, 0.6) is 5.75 Å². The average molecular weight is 342 g/mol. The summed E-state index contributed by atoms with van der Waals surface area (Å²) in [7, 11) is 1.65. The summed E-state index contributed by atoms with van der Waals surface area (Å²) in [6, 6.07) is 4.02. The zero-order chi connectivity index (χ0) is 14.9. The van der Waals surface area contributed by atoms with Crippen LogP contribution in [0.2, 0.25) is 0 Å². The Morgan fingerprint density at radius 1 is 1.35 bits per heavy atom. The zero-order valence-corrected chi connectivity index (χ0v) is 13.9. The van der Waals surface area contributed by atoms with Crippen molar-refractivity contribution in [2.45, 2.75) is 39.3 Å². The highest BCUT2D eigenvalue weighted by atomic mass is 79.9. The van der Waals surface area contributed by atoms with Crippen molar-refractivity contribution in [1.82, 2.24) is 4.90 Å². The lowest BCUT2D eigenvalue weighted by Gasteiger charge is -2.32. The number of carbonyl (C=O) groups is 1. The Hall–Kier alpha value is -1.23. The molecule has 0 saturated carbocycles. The number of ether oxygens (including phenoxy) is 2. The lowest BCUT2D eigenvalue weighted by molar-refractivity contribution is 0.0222. The molecule has 0 N–H and O–H groups in total. The van der Waals surface area contributed by atoms with E-state index >= 15 is 0 Å². The first-order valence-electron chi connectivity index (χ1n) is 6.63. The molecular weight excluding hydrogens is 322 g/mol. The number of hydrogen-bond donors (Lipinski definition) is 0. The van der Waals surface area contributed by atoms with Crippen molar-refractivity contribution >= 4 is 22.0 Å². The Bertz CT molecular complexity index is 505. The van der Waals surface area contributed by atoms with Crippen molar-refractivity contribution in [3.05, 3.63) is 27.7 Å². The molecular formula is C15H20BrNO3. The summed E-state index contributed by atoms with van der Waals surface area (Å²) >= 11 is 3.48. The van der Waals surface area contributed by atoms with Crippen molar-refractivity contribution in [2.24, 2.45) is 0 Å². The van der Waals surface area contributed by atoms with Crippen LogP contribution in [-0.2, 0) is 17.7 Å². The van der Waals surface area contributed by atoms with Gasteiger partial charge in [-0.05, 0) is 44.9 Å². The van der Waals surface area contributed by atoms with Crippen molar-refractivity contribution < 1.29 is 14.3 Å². The van der Waals surface area contributed by atoms with E-state index < -0.39 is 5.60 Å². The molecule has 1 aliphatic rings. The molecule has 0 saturated heterocycles. The number of amides is 1. The predicted octanol–water partition coefficient (Wildman–Crippen LogP) is 3.75. The summed E-state index contributed by atoms with van der Waals surface area (Å²) in [4.78, 5) is 13.9. The van der Waals surface area contributed by atoms with E-state index in [0.29, 0.717) is 13.1 Å². The van der Waals surface area contributed by atoms with Gasteiger partial charge in [-0.25, -0.2) is 4.79 Å². The quantitative estimate of drug-likeness (QED) is 0.780. The smallest absolute Gasteiger partial charge is 0.410 e. The van der Waals surface area contributed by atoms with Gasteiger partial charge in [0.05, 0.1) is 13.7 Å². The largest absolute Gasteiger partial charge is 0.496 e. The van der Waals surface area contributed by atoms with Crippen LogP contribution >= 0.6 is 15.9 Å². The minimum absolute atomic E-state index is 0.270. The minimum atomic E-state index is -0.471. The number of hydrogen-bond acceptors (Lipinski definition) is 3. The van der Waals surface area contributed by atoms with Crippen molar-refractivity contribution in [3.63, 3.8) is 0 Å². The van der Waals surface area contributed by atoms with Crippen molar-refractivity contribution in [2.75, 3.05) is 13.7 Å². The third-order valence-corrected chi connectivity index (χ3v) is 3.60. The molecule has 1 amide bonds. The molecule has 110 valence electrons. The van der Waals surface area contributed by atoms with Gasteiger partial charge in [0.2, 0.25) is 0 Å². The van der Waals surface area contributed by atoms with Gasteiger partial charge in [-0.15, -0.1) is 0 Å². The van der Waals surface area contributed by atoms with Gasteiger partial charge >= 0.3 is 6.09 Å². The van der Waals surface area contributed by atoms with Gasteiger partial charge in [0.1, 0.15) is 11.4 Å². The second-order valence-corrected chi connectivity index (χ2v) is 6.81. The molecule has 2 rings (SSSR count). The normalized spacial score (nSPS) is 14.8. The van der Waals surface area contributed by atoms with Gasteiger partial charge in [0.15, 0.2) is 0 Å².